The van der Waals surface area contributed by atoms with Crippen molar-refractivity contribution in [3.8, 4) is 5.69 Å². The average Bonchev–Trinajstić information content (AvgIpc) is 3.46. The van der Waals surface area contributed by atoms with E-state index in [9.17, 15) is 0 Å². The number of aromatic nitrogens is 2. The van der Waals surface area contributed by atoms with Crippen molar-refractivity contribution < 1.29 is 0 Å². The number of hydrogen-bond acceptors (Lipinski definition) is 0. The van der Waals surface area contributed by atoms with Crippen molar-refractivity contribution in [2.75, 3.05) is 0 Å². The Kier molecular flexibility index (Phi) is 7.42. The summed E-state index contributed by atoms with van der Waals surface area (Å²) in [6.07, 6.45) is 29.5. The quantitative estimate of drug-likeness (QED) is 0.185. The molecule has 0 N–H and O–H groups in total. The van der Waals surface area contributed by atoms with Gasteiger partial charge in [-0.05, 0) is 98.1 Å². The molecule has 46 heavy (non-hydrogen) atoms. The van der Waals surface area contributed by atoms with Gasteiger partial charge in [-0.15, -0.1) is 0 Å². The zero-order valence-corrected chi connectivity index (χ0v) is 26.8. The fourth-order valence-corrected chi connectivity index (χ4v) is 7.73. The Morgan fingerprint density at radius 2 is 1.50 bits per heavy atom. The van der Waals surface area contributed by atoms with Crippen molar-refractivity contribution in [3.05, 3.63) is 161 Å². The molecule has 8 rings (SSSR count). The van der Waals surface area contributed by atoms with Gasteiger partial charge < -0.3 is 9.13 Å². The third-order valence-electron chi connectivity index (χ3n) is 9.84. The summed E-state index contributed by atoms with van der Waals surface area (Å²) in [5.41, 5.74) is 15.8. The van der Waals surface area contributed by atoms with E-state index in [1.54, 1.807) is 0 Å². The van der Waals surface area contributed by atoms with E-state index in [0.717, 1.165) is 38.5 Å². The van der Waals surface area contributed by atoms with Crippen molar-refractivity contribution in [2.45, 2.75) is 52.4 Å². The van der Waals surface area contributed by atoms with Crippen LogP contribution in [0.2, 0.25) is 0 Å². The van der Waals surface area contributed by atoms with E-state index in [1.807, 2.05) is 0 Å². The second-order valence-electron chi connectivity index (χ2n) is 12.5. The molecule has 5 aromatic rings. The number of aryl methyl sites for hydroxylation is 2. The van der Waals surface area contributed by atoms with Crippen LogP contribution in [0.15, 0.2) is 133 Å². The highest BCUT2D eigenvalue weighted by molar-refractivity contribution is 5.97. The van der Waals surface area contributed by atoms with Crippen molar-refractivity contribution in [2.24, 2.45) is 0 Å². The second-order valence-corrected chi connectivity index (χ2v) is 12.5. The molecule has 0 atom stereocenters. The predicted molar refractivity (Wildman–Crippen MR) is 198 cm³/mol. The molecular formula is C44H40N2. The number of rotatable bonds is 6. The van der Waals surface area contributed by atoms with Crippen LogP contribution in [0.3, 0.4) is 0 Å². The molecule has 3 aliphatic rings. The zero-order valence-electron chi connectivity index (χ0n) is 26.8. The van der Waals surface area contributed by atoms with Crippen LogP contribution in [-0.4, -0.2) is 9.13 Å². The van der Waals surface area contributed by atoms with Gasteiger partial charge in [0.05, 0.1) is 22.4 Å². The summed E-state index contributed by atoms with van der Waals surface area (Å²) in [5.74, 6) is 0. The molecule has 0 amide bonds. The summed E-state index contributed by atoms with van der Waals surface area (Å²) in [6, 6.07) is 26.8. The summed E-state index contributed by atoms with van der Waals surface area (Å²) < 4.78 is 5.03. The van der Waals surface area contributed by atoms with Gasteiger partial charge in [-0.25, -0.2) is 0 Å². The highest BCUT2D eigenvalue weighted by Crippen LogP contribution is 2.43. The molecule has 0 bridgehead atoms. The highest BCUT2D eigenvalue weighted by atomic mass is 15.0. The molecule has 3 aromatic carbocycles. The average molecular weight is 597 g/mol. The maximum atomic E-state index is 2.55. The first-order valence-corrected chi connectivity index (χ1v) is 16.9. The number of para-hydroxylation sites is 3. The molecule has 0 spiro atoms. The molecule has 0 fully saturated rings. The van der Waals surface area contributed by atoms with E-state index < -0.39 is 0 Å². The summed E-state index contributed by atoms with van der Waals surface area (Å²) in [5, 5.41) is 2.69. The first-order valence-electron chi connectivity index (χ1n) is 16.9. The highest BCUT2D eigenvalue weighted by Gasteiger charge is 2.26. The lowest BCUT2D eigenvalue weighted by molar-refractivity contribution is 0.957. The van der Waals surface area contributed by atoms with Crippen molar-refractivity contribution in [1.82, 2.24) is 9.13 Å². The Morgan fingerprint density at radius 1 is 0.761 bits per heavy atom. The summed E-state index contributed by atoms with van der Waals surface area (Å²) in [4.78, 5) is 0. The van der Waals surface area contributed by atoms with Gasteiger partial charge >= 0.3 is 0 Å². The predicted octanol–water partition coefficient (Wildman–Crippen LogP) is 11.8. The normalized spacial score (nSPS) is 16.4. The molecule has 3 aliphatic carbocycles. The Morgan fingerprint density at radius 3 is 2.37 bits per heavy atom. The molecule has 2 aromatic heterocycles. The molecule has 0 aliphatic heterocycles. The van der Waals surface area contributed by atoms with Crippen LogP contribution in [-0.2, 0) is 6.42 Å². The topological polar surface area (TPSA) is 9.86 Å². The number of fused-ring (bicyclic) bond motifs is 4. The van der Waals surface area contributed by atoms with Crippen LogP contribution in [0.5, 0.6) is 0 Å². The molecular weight excluding hydrogens is 556 g/mol. The number of hydrogen-bond donors (Lipinski definition) is 0. The van der Waals surface area contributed by atoms with E-state index in [2.05, 4.69) is 157 Å². The zero-order chi connectivity index (χ0) is 31.0. The van der Waals surface area contributed by atoms with Gasteiger partial charge in [0.25, 0.3) is 0 Å². The first kappa shape index (κ1) is 28.4. The molecule has 0 radical (unpaired) electrons. The largest absolute Gasteiger partial charge is 0.309 e. The summed E-state index contributed by atoms with van der Waals surface area (Å²) >= 11 is 0. The van der Waals surface area contributed by atoms with Crippen LogP contribution < -0.4 is 0 Å². The van der Waals surface area contributed by atoms with Crippen LogP contribution in [0.4, 0.5) is 0 Å². The van der Waals surface area contributed by atoms with Crippen LogP contribution in [0.25, 0.3) is 50.9 Å². The van der Waals surface area contributed by atoms with E-state index in [-0.39, 0.29) is 0 Å². The van der Waals surface area contributed by atoms with Gasteiger partial charge in [0, 0.05) is 33.3 Å². The van der Waals surface area contributed by atoms with Crippen molar-refractivity contribution in [1.29, 1.82) is 0 Å². The van der Waals surface area contributed by atoms with Crippen molar-refractivity contribution in [3.63, 3.8) is 0 Å². The number of benzene rings is 3. The minimum Gasteiger partial charge on any atom is -0.309 e. The number of nitrogens with zero attached hydrogens (tertiary/aromatic N) is 2. The molecule has 0 saturated carbocycles. The van der Waals surface area contributed by atoms with Gasteiger partial charge in [-0.3, -0.25) is 0 Å². The van der Waals surface area contributed by atoms with Gasteiger partial charge in [0.15, 0.2) is 0 Å². The summed E-state index contributed by atoms with van der Waals surface area (Å²) in [7, 11) is 0. The molecule has 2 heterocycles. The van der Waals surface area contributed by atoms with Gasteiger partial charge in [0.1, 0.15) is 0 Å². The monoisotopic (exact) mass is 596 g/mol. The fraction of sp³-hybridized carbons (Fsp3) is 0.182. The van der Waals surface area contributed by atoms with Gasteiger partial charge in [-0.2, -0.15) is 0 Å². The van der Waals surface area contributed by atoms with E-state index >= 15 is 0 Å². The molecule has 0 unspecified atom stereocenters. The standard InChI is InChI=1S/C44H40N2/c1-3-4-25-39-31(2)32-18-10-14-27-40(32)45(39)41-28-15-11-22-36(41)34-20-9-8-19-33(34)35-21-6-5-7-26-42(35)46-43-29-16-12-23-37(43)38-24-13-17-30-44(38)46/h4-6,9-12,14-18,20-23,25-30H,3,7-8,13,19,24H2,1-2H3/b25-4-. The lowest BCUT2D eigenvalue weighted by Crippen LogP contribution is -2.09. The minimum absolute atomic E-state index is 0.914. The minimum atomic E-state index is 0.914. The van der Waals surface area contributed by atoms with Crippen LogP contribution in [0, 0.1) is 6.92 Å². The SMILES string of the molecule is CC/C=C\c1c(C)c2ccccc2n1-c1ccccc1C1=C(C2=CC=CCC=C2n2c3c(c4ccccc42)CCC=C3)CCC=C1. The van der Waals surface area contributed by atoms with E-state index in [1.165, 1.54) is 78.0 Å². The summed E-state index contributed by atoms with van der Waals surface area (Å²) in [6.45, 7) is 4.47. The maximum absolute atomic E-state index is 2.55. The Hall–Kier alpha value is -5.08. The van der Waals surface area contributed by atoms with E-state index in [0.29, 0.717) is 0 Å². The molecule has 2 heteroatoms. The third-order valence-corrected chi connectivity index (χ3v) is 9.84. The molecule has 226 valence electrons. The smallest absolute Gasteiger partial charge is 0.0540 e. The number of allylic oxidation sites excluding steroid dienone is 12. The van der Waals surface area contributed by atoms with Gasteiger partial charge in [-0.1, -0.05) is 110 Å². The lowest BCUT2D eigenvalue weighted by atomic mass is 9.85. The second kappa shape index (κ2) is 12.0. The molecule has 0 saturated heterocycles. The maximum Gasteiger partial charge on any atom is 0.0540 e. The van der Waals surface area contributed by atoms with Crippen LogP contribution >= 0.6 is 0 Å². The van der Waals surface area contributed by atoms with Crippen LogP contribution in [0.1, 0.15) is 67.1 Å². The Bertz CT molecular complexity index is 2210. The Labute approximate surface area is 272 Å². The van der Waals surface area contributed by atoms with E-state index in [4.69, 9.17) is 0 Å². The first-order chi connectivity index (χ1) is 22.8. The fourth-order valence-electron chi connectivity index (χ4n) is 7.73. The molecule has 2 nitrogen and oxygen atoms in total. The Balaban J connectivity index is 1.37. The van der Waals surface area contributed by atoms with Gasteiger partial charge in [0.2, 0.25) is 0 Å². The lowest BCUT2D eigenvalue weighted by Gasteiger charge is -2.25. The van der Waals surface area contributed by atoms with Crippen molar-refractivity contribution >= 4 is 45.2 Å². The third kappa shape index (κ3) is 4.63.